The van der Waals surface area contributed by atoms with Crippen molar-refractivity contribution in [3.63, 3.8) is 0 Å². The first-order valence-corrected chi connectivity index (χ1v) is 15.1. The molecule has 0 bridgehead atoms. The first kappa shape index (κ1) is 34.1. The third-order valence-corrected chi connectivity index (χ3v) is 8.57. The van der Waals surface area contributed by atoms with Crippen LogP contribution in [-0.2, 0) is 32.8 Å². The van der Waals surface area contributed by atoms with E-state index in [9.17, 15) is 22.3 Å². The van der Waals surface area contributed by atoms with Crippen LogP contribution in [0.25, 0.3) is 10.8 Å². The largest absolute Gasteiger partial charge is 0.505 e. The number of aromatic hydroxyl groups is 1. The molecule has 45 heavy (non-hydrogen) atoms. The molecule has 0 aliphatic rings. The van der Waals surface area contributed by atoms with Crippen LogP contribution in [0.2, 0.25) is 0 Å². The average molecular weight is 690 g/mol. The third kappa shape index (κ3) is 8.70. The van der Waals surface area contributed by atoms with Gasteiger partial charge >= 0.3 is 6.08 Å². The molecule has 4 N–H and O–H groups in total. The normalized spacial score (nSPS) is 11.9. The zero-order chi connectivity index (χ0) is 32.6. The lowest BCUT2D eigenvalue weighted by Gasteiger charge is -2.13. The average Bonchev–Trinajstić information content (AvgIpc) is 2.99. The fourth-order valence-electron chi connectivity index (χ4n) is 3.89. The van der Waals surface area contributed by atoms with E-state index in [4.69, 9.17) is 19.4 Å². The van der Waals surface area contributed by atoms with Gasteiger partial charge in [0.05, 0.1) is 41.3 Å². The molecule has 0 spiro atoms. The van der Waals surface area contributed by atoms with E-state index >= 15 is 0 Å². The number of benzene rings is 3. The van der Waals surface area contributed by atoms with Gasteiger partial charge in [0.2, 0.25) is 5.95 Å². The summed E-state index contributed by atoms with van der Waals surface area (Å²) in [6, 6.07) is 9.61. The summed E-state index contributed by atoms with van der Waals surface area (Å²) in [6.45, 7) is 1.22. The molecule has 240 valence electrons. The molecule has 0 saturated heterocycles. The number of halogens is 2. The molecular weight excluding hydrogens is 668 g/mol. The van der Waals surface area contributed by atoms with Gasteiger partial charge in [-0.15, -0.1) is 18.9 Å². The highest BCUT2D eigenvalue weighted by Crippen LogP contribution is 2.45. The number of phenolic OH excluding ortho intramolecular Hbond substituents is 1. The minimum atomic E-state index is -3.88. The summed E-state index contributed by atoms with van der Waals surface area (Å²) in [5.74, 6) is -2.10. The summed E-state index contributed by atoms with van der Waals surface area (Å²) in [5, 5.41) is 46.7. The van der Waals surface area contributed by atoms with Crippen LogP contribution in [0.5, 0.6) is 11.5 Å². The molecule has 0 aliphatic carbocycles. The summed E-state index contributed by atoms with van der Waals surface area (Å²) in [5.41, 5.74) is 0.518. The van der Waals surface area contributed by atoms with Crippen molar-refractivity contribution >= 4 is 67.9 Å². The highest BCUT2D eigenvalue weighted by atomic mass is 32.2. The molecule has 21 heteroatoms. The molecule has 0 amide bonds. The summed E-state index contributed by atoms with van der Waals surface area (Å²) in [6.07, 6.45) is -1.28. The summed E-state index contributed by atoms with van der Waals surface area (Å²) in [4.78, 5) is 6.48. The topological polar surface area (TPSA) is 213 Å². The second-order valence-electron chi connectivity index (χ2n) is 8.54. The number of rotatable bonds is 15. The fourth-order valence-corrected chi connectivity index (χ4v) is 6.06. The van der Waals surface area contributed by atoms with Gasteiger partial charge < -0.3 is 15.2 Å². The number of hydrogen-bond acceptors (Lipinski definition) is 18. The minimum absolute atomic E-state index is 0.0236. The molecular formula is C24H21F2N5O11S3. The van der Waals surface area contributed by atoms with E-state index in [0.717, 1.165) is 6.07 Å². The van der Waals surface area contributed by atoms with Gasteiger partial charge in [-0.3, -0.25) is 4.18 Å². The number of aromatic nitrogens is 2. The first-order chi connectivity index (χ1) is 21.6. The maximum atomic E-state index is 13.5. The van der Waals surface area contributed by atoms with Crippen LogP contribution < -0.4 is 10.1 Å². The van der Waals surface area contributed by atoms with Crippen molar-refractivity contribution in [2.75, 3.05) is 24.8 Å². The molecule has 4 rings (SSSR count). The highest BCUT2D eigenvalue weighted by Gasteiger charge is 2.21. The van der Waals surface area contributed by atoms with E-state index in [1.165, 1.54) is 38.3 Å². The fraction of sp³-hybridized carbons (Fsp3) is 0.167. The van der Waals surface area contributed by atoms with Crippen LogP contribution >= 0.6 is 24.4 Å². The van der Waals surface area contributed by atoms with Crippen LogP contribution in [0.15, 0.2) is 62.5 Å². The number of nitrogens with one attached hydrogen (secondary N) is 1. The maximum absolute atomic E-state index is 13.5. The summed E-state index contributed by atoms with van der Waals surface area (Å²) >= 11 is 0.736. The molecule has 3 aromatic carbocycles. The molecule has 0 saturated carbocycles. The number of hydrogen-bond donors (Lipinski definition) is 4. The molecule has 0 unspecified atom stereocenters. The summed E-state index contributed by atoms with van der Waals surface area (Å²) < 4.78 is 71.5. The van der Waals surface area contributed by atoms with Crippen molar-refractivity contribution in [1.29, 1.82) is 0 Å². The smallest absolute Gasteiger partial charge is 0.313 e. The Hall–Kier alpha value is -3.77. The van der Waals surface area contributed by atoms with Crippen LogP contribution in [0.4, 0.5) is 31.7 Å². The van der Waals surface area contributed by atoms with Crippen LogP contribution in [0.3, 0.4) is 0 Å². The molecule has 16 nitrogen and oxygen atoms in total. The molecule has 0 aliphatic heterocycles. The van der Waals surface area contributed by atoms with E-state index in [1.54, 1.807) is 12.1 Å². The van der Waals surface area contributed by atoms with E-state index in [-0.39, 0.29) is 62.6 Å². The predicted molar refractivity (Wildman–Crippen MR) is 154 cm³/mol. The van der Waals surface area contributed by atoms with Crippen molar-refractivity contribution in [3.05, 3.63) is 60.1 Å². The Kier molecular flexibility index (Phi) is 11.7. The van der Waals surface area contributed by atoms with E-state index < -0.39 is 33.4 Å². The van der Waals surface area contributed by atoms with Gasteiger partial charge in [-0.25, -0.2) is 18.9 Å². The number of methoxy groups -OCH3 is 1. The Morgan fingerprint density at radius 3 is 2.51 bits per heavy atom. The predicted octanol–water partition coefficient (Wildman–Crippen LogP) is 6.29. The van der Waals surface area contributed by atoms with Crippen molar-refractivity contribution < 1.29 is 60.5 Å². The number of nitrogens with zero attached hydrogens (tertiary/aromatic N) is 4. The lowest BCUT2D eigenvalue weighted by molar-refractivity contribution is -0.434. The Morgan fingerprint density at radius 1 is 1.02 bits per heavy atom. The lowest BCUT2D eigenvalue weighted by Crippen LogP contribution is -2.12. The van der Waals surface area contributed by atoms with E-state index in [0.29, 0.717) is 23.1 Å². The van der Waals surface area contributed by atoms with E-state index in [2.05, 4.69) is 44.3 Å². The molecule has 1 aromatic heterocycles. The van der Waals surface area contributed by atoms with Crippen molar-refractivity contribution in [3.8, 4) is 11.5 Å². The van der Waals surface area contributed by atoms with Crippen molar-refractivity contribution in [2.45, 2.75) is 16.7 Å². The van der Waals surface area contributed by atoms with Gasteiger partial charge in [0.1, 0.15) is 22.9 Å². The number of phenols is 1. The Labute approximate surface area is 261 Å². The Morgan fingerprint density at radius 2 is 1.80 bits per heavy atom. The first-order valence-electron chi connectivity index (χ1n) is 12.1. The van der Waals surface area contributed by atoms with Crippen molar-refractivity contribution in [2.24, 2.45) is 10.2 Å². The monoisotopic (exact) mass is 689 g/mol. The highest BCUT2D eigenvalue weighted by molar-refractivity contribution is 7.94. The number of ether oxygens (including phenoxy) is 1. The van der Waals surface area contributed by atoms with Crippen LogP contribution in [0.1, 0.15) is 5.56 Å². The summed E-state index contributed by atoms with van der Waals surface area (Å²) in [7, 11) is -2.59. The maximum Gasteiger partial charge on any atom is 0.313 e. The van der Waals surface area contributed by atoms with Crippen LogP contribution in [-0.4, -0.2) is 53.5 Å². The number of anilines is 2. The number of azo groups is 1. The Bertz CT molecular complexity index is 1800. The van der Waals surface area contributed by atoms with Gasteiger partial charge in [-0.05, 0) is 42.1 Å². The molecule has 0 atom stereocenters. The third-order valence-electron chi connectivity index (χ3n) is 5.76. The number of aryl methyl sites for hydroxylation is 1. The van der Waals surface area contributed by atoms with Gasteiger partial charge in [0.15, 0.2) is 27.9 Å². The van der Waals surface area contributed by atoms with Crippen molar-refractivity contribution in [1.82, 2.24) is 9.97 Å². The lowest BCUT2D eigenvalue weighted by atomic mass is 10.1. The van der Waals surface area contributed by atoms with E-state index in [1.807, 2.05) is 0 Å². The SMILES string of the molecule is COc1cc(S(=O)(=O)CCOSOOO)c(C)cc1N=Nc1c(SOOO)cc2ccc(Nc3cc(F)nc(F)n3)cc2c1O. The number of fused-ring (bicyclic) bond motifs is 1. The zero-order valence-electron chi connectivity index (χ0n) is 22.8. The molecule has 0 fully saturated rings. The number of sulfone groups is 1. The quantitative estimate of drug-likeness (QED) is 0.0205. The minimum Gasteiger partial charge on any atom is -0.505 e. The molecule has 0 radical (unpaired) electrons. The van der Waals surface area contributed by atoms with Gasteiger partial charge in [0, 0.05) is 23.2 Å². The molecule has 4 aromatic rings. The van der Waals surface area contributed by atoms with Gasteiger partial charge in [0.25, 0.3) is 0 Å². The second-order valence-corrected chi connectivity index (χ2v) is 11.9. The zero-order valence-corrected chi connectivity index (χ0v) is 25.3. The van der Waals surface area contributed by atoms with Gasteiger partial charge in [-0.2, -0.15) is 18.7 Å². The second kappa shape index (κ2) is 15.5. The van der Waals surface area contributed by atoms with Crippen LogP contribution in [0, 0.1) is 18.9 Å². The Balaban J connectivity index is 1.69. The molecule has 1 heterocycles. The standard InChI is InChI=1S/C24H21F2N5O11S3/c1-12-7-16(17(37-2)10-19(12)45(35,36)6-5-38-44-42-40-34)30-31-22-18(43-41-39-33)8-13-3-4-14(9-15(13)23(22)32)27-21-11-20(25)28-24(26)29-21/h3-4,7-11,32-34H,5-6H2,1-2H3,(H,27,28,29). The van der Waals surface area contributed by atoms with Gasteiger partial charge in [-0.1, -0.05) is 16.1 Å².